The molecule has 7 nitrogen and oxygen atoms in total. The molecule has 0 spiro atoms. The van der Waals surface area contributed by atoms with Crippen molar-refractivity contribution in [3.8, 4) is 22.7 Å². The number of nitrogens with zero attached hydrogens (tertiary/aromatic N) is 2. The van der Waals surface area contributed by atoms with Crippen molar-refractivity contribution in [3.05, 3.63) is 64.6 Å². The summed E-state index contributed by atoms with van der Waals surface area (Å²) in [5.74, 6) is -3.37. The van der Waals surface area contributed by atoms with Gasteiger partial charge < -0.3 is 14.6 Å². The highest BCUT2D eigenvalue weighted by atomic mass is 35.5. The van der Waals surface area contributed by atoms with Gasteiger partial charge in [0, 0.05) is 0 Å². The zero-order chi connectivity index (χ0) is 20.4. The summed E-state index contributed by atoms with van der Waals surface area (Å²) in [7, 11) is 2.23. The molecular weight excluding hydrogens is 391 g/mol. The minimum Gasteiger partial charge on any atom is -0.507 e. The molecule has 9 heteroatoms. The molecular formula is C19H14ClFN2O5. The molecule has 0 amide bonds. The summed E-state index contributed by atoms with van der Waals surface area (Å²) in [6, 6.07) is 10.7. The first-order valence-electron chi connectivity index (χ1n) is 7.93. The topological polar surface area (TPSA) is 90.6 Å². The van der Waals surface area contributed by atoms with Gasteiger partial charge in [0.1, 0.15) is 17.0 Å². The number of ether oxygens (including phenoxy) is 2. The first-order chi connectivity index (χ1) is 13.4. The quantitative estimate of drug-likeness (QED) is 0.668. The molecule has 28 heavy (non-hydrogen) atoms. The standard InChI is InChI=1S/C19H14ClFN2O5/c1-27-18(25)14-16(13-12(24)9-8-11(20)15(13)21)22-23(17(14)19(26)28-2)10-6-4-3-5-7-10/h3-9,24H,1-2H3. The number of methoxy groups -OCH3 is 2. The highest BCUT2D eigenvalue weighted by molar-refractivity contribution is 6.31. The molecule has 0 unspecified atom stereocenters. The fourth-order valence-corrected chi connectivity index (χ4v) is 2.85. The molecule has 1 heterocycles. The third-order valence-electron chi connectivity index (χ3n) is 3.96. The van der Waals surface area contributed by atoms with E-state index in [0.717, 1.165) is 31.0 Å². The van der Waals surface area contributed by atoms with Gasteiger partial charge in [-0.15, -0.1) is 0 Å². The van der Waals surface area contributed by atoms with E-state index in [1.54, 1.807) is 30.3 Å². The molecule has 144 valence electrons. The van der Waals surface area contributed by atoms with Gasteiger partial charge in [-0.05, 0) is 24.3 Å². The third-order valence-corrected chi connectivity index (χ3v) is 4.26. The monoisotopic (exact) mass is 404 g/mol. The molecule has 3 rings (SSSR count). The number of hydrogen-bond acceptors (Lipinski definition) is 6. The normalized spacial score (nSPS) is 10.6. The average molecular weight is 405 g/mol. The fourth-order valence-electron chi connectivity index (χ4n) is 2.70. The molecule has 2 aromatic carbocycles. The lowest BCUT2D eigenvalue weighted by molar-refractivity contribution is 0.0549. The lowest BCUT2D eigenvalue weighted by atomic mass is 10.0. The number of phenolic OH excluding ortho intramolecular Hbond substituents is 1. The van der Waals surface area contributed by atoms with Crippen LogP contribution in [0.5, 0.6) is 5.75 Å². The Hall–Kier alpha value is -3.39. The summed E-state index contributed by atoms with van der Waals surface area (Å²) < 4.78 is 25.4. The number of carbonyl (C=O) groups is 2. The summed E-state index contributed by atoms with van der Waals surface area (Å²) in [6.45, 7) is 0. The maximum Gasteiger partial charge on any atom is 0.357 e. The Morgan fingerprint density at radius 1 is 1.07 bits per heavy atom. The van der Waals surface area contributed by atoms with Crippen molar-refractivity contribution < 1.29 is 28.6 Å². The van der Waals surface area contributed by atoms with Gasteiger partial charge in [0.25, 0.3) is 0 Å². The molecule has 1 N–H and O–H groups in total. The van der Waals surface area contributed by atoms with Crippen molar-refractivity contribution >= 4 is 23.5 Å². The van der Waals surface area contributed by atoms with Crippen molar-refractivity contribution in [2.45, 2.75) is 0 Å². The van der Waals surface area contributed by atoms with Crippen LogP contribution in [0, 0.1) is 5.82 Å². The SMILES string of the molecule is COC(=O)c1c(-c2c(O)ccc(Cl)c2F)nn(-c2ccccc2)c1C(=O)OC. The van der Waals surface area contributed by atoms with Crippen molar-refractivity contribution in [1.29, 1.82) is 0 Å². The van der Waals surface area contributed by atoms with Crippen molar-refractivity contribution in [2.24, 2.45) is 0 Å². The van der Waals surface area contributed by atoms with Crippen molar-refractivity contribution in [2.75, 3.05) is 14.2 Å². The second kappa shape index (κ2) is 7.69. The van der Waals surface area contributed by atoms with Crippen LogP contribution in [0.2, 0.25) is 5.02 Å². The second-order valence-corrected chi connectivity index (χ2v) is 5.97. The van der Waals surface area contributed by atoms with E-state index in [9.17, 15) is 19.1 Å². The van der Waals surface area contributed by atoms with Gasteiger partial charge in [-0.2, -0.15) is 5.10 Å². The molecule has 0 fully saturated rings. The largest absolute Gasteiger partial charge is 0.507 e. The molecule has 3 aromatic rings. The van der Waals surface area contributed by atoms with Crippen LogP contribution in [0.3, 0.4) is 0 Å². The molecule has 0 aliphatic rings. The zero-order valence-electron chi connectivity index (χ0n) is 14.8. The molecule has 0 bridgehead atoms. The number of hydrogen-bond donors (Lipinski definition) is 1. The van der Waals surface area contributed by atoms with Crippen molar-refractivity contribution in [1.82, 2.24) is 9.78 Å². The predicted molar refractivity (Wildman–Crippen MR) is 98.3 cm³/mol. The first kappa shape index (κ1) is 19.4. The van der Waals surface area contributed by atoms with Gasteiger partial charge in [-0.3, -0.25) is 0 Å². The van der Waals surface area contributed by atoms with Gasteiger partial charge in [-0.25, -0.2) is 18.7 Å². The number of benzene rings is 2. The van der Waals surface area contributed by atoms with Gasteiger partial charge in [0.15, 0.2) is 11.5 Å². The number of aromatic hydroxyl groups is 1. The van der Waals surface area contributed by atoms with Crippen LogP contribution in [0.15, 0.2) is 42.5 Å². The van der Waals surface area contributed by atoms with Crippen molar-refractivity contribution in [3.63, 3.8) is 0 Å². The third kappa shape index (κ3) is 3.18. The van der Waals surface area contributed by atoms with Crippen LogP contribution < -0.4 is 0 Å². The Kier molecular flexibility index (Phi) is 5.32. The van der Waals surface area contributed by atoms with E-state index in [1.165, 1.54) is 0 Å². The van der Waals surface area contributed by atoms with Gasteiger partial charge in [-0.1, -0.05) is 29.8 Å². The smallest absolute Gasteiger partial charge is 0.357 e. The summed E-state index contributed by atoms with van der Waals surface area (Å²) in [5.41, 5.74) is -0.994. The molecule has 0 atom stereocenters. The summed E-state index contributed by atoms with van der Waals surface area (Å²) in [4.78, 5) is 24.9. The fraction of sp³-hybridized carbons (Fsp3) is 0.105. The van der Waals surface area contributed by atoms with E-state index in [4.69, 9.17) is 21.1 Å². The van der Waals surface area contributed by atoms with E-state index in [0.29, 0.717) is 5.69 Å². The number of esters is 2. The number of rotatable bonds is 4. The molecule has 0 saturated carbocycles. The van der Waals surface area contributed by atoms with Crippen LogP contribution >= 0.6 is 11.6 Å². The van der Waals surface area contributed by atoms with Gasteiger partial charge in [0.05, 0.1) is 30.5 Å². The highest BCUT2D eigenvalue weighted by Crippen LogP contribution is 2.38. The summed E-state index contributed by atoms with van der Waals surface area (Å²) in [6.07, 6.45) is 0. The Balaban J connectivity index is 2.45. The second-order valence-electron chi connectivity index (χ2n) is 5.56. The Morgan fingerprint density at radius 2 is 1.71 bits per heavy atom. The maximum atomic E-state index is 14.7. The zero-order valence-corrected chi connectivity index (χ0v) is 15.5. The van der Waals surface area contributed by atoms with E-state index in [-0.39, 0.29) is 22.0 Å². The molecule has 1 aromatic heterocycles. The molecule has 0 aliphatic carbocycles. The number of para-hydroxylation sites is 1. The van der Waals surface area contributed by atoms with Gasteiger partial charge >= 0.3 is 11.9 Å². The Morgan fingerprint density at radius 3 is 2.32 bits per heavy atom. The maximum absolute atomic E-state index is 14.7. The number of carbonyl (C=O) groups excluding carboxylic acids is 2. The van der Waals surface area contributed by atoms with Crippen LogP contribution in [-0.4, -0.2) is 41.0 Å². The number of halogens is 2. The summed E-state index contributed by atoms with van der Waals surface area (Å²) >= 11 is 5.83. The minimum absolute atomic E-state index is 0.283. The molecule has 0 radical (unpaired) electrons. The average Bonchev–Trinajstić information content (AvgIpc) is 3.10. The van der Waals surface area contributed by atoms with E-state index in [1.807, 2.05) is 0 Å². The lowest BCUT2D eigenvalue weighted by Gasteiger charge is -2.07. The highest BCUT2D eigenvalue weighted by Gasteiger charge is 2.33. The van der Waals surface area contributed by atoms with E-state index < -0.39 is 29.1 Å². The Bertz CT molecular complexity index is 1070. The van der Waals surface area contributed by atoms with E-state index in [2.05, 4.69) is 5.10 Å². The number of phenols is 1. The molecule has 0 aliphatic heterocycles. The predicted octanol–water partition coefficient (Wildman–Crippen LogP) is 3.61. The van der Waals surface area contributed by atoms with Crippen LogP contribution in [0.1, 0.15) is 20.8 Å². The first-order valence-corrected chi connectivity index (χ1v) is 8.30. The van der Waals surface area contributed by atoms with Crippen LogP contribution in [0.25, 0.3) is 16.9 Å². The van der Waals surface area contributed by atoms with Crippen LogP contribution in [-0.2, 0) is 9.47 Å². The molecule has 0 saturated heterocycles. The Labute approximate surface area is 163 Å². The minimum atomic E-state index is -0.999. The van der Waals surface area contributed by atoms with Gasteiger partial charge in [0.2, 0.25) is 0 Å². The lowest BCUT2D eigenvalue weighted by Crippen LogP contribution is -2.15. The number of aromatic nitrogens is 2. The van der Waals surface area contributed by atoms with Crippen LogP contribution in [0.4, 0.5) is 4.39 Å². The summed E-state index contributed by atoms with van der Waals surface area (Å²) in [5, 5.41) is 14.1. The van der Waals surface area contributed by atoms with E-state index >= 15 is 0 Å².